The first-order valence-electron chi connectivity index (χ1n) is 7.86. The summed E-state index contributed by atoms with van der Waals surface area (Å²) in [5.41, 5.74) is 1.87. The molecule has 0 fully saturated rings. The molecular formula is C17H18ClF2N3O. The predicted molar refractivity (Wildman–Crippen MR) is 91.2 cm³/mol. The van der Waals surface area contributed by atoms with Crippen LogP contribution in [0.3, 0.4) is 0 Å². The van der Waals surface area contributed by atoms with Gasteiger partial charge in [0.05, 0.1) is 6.54 Å². The quantitative estimate of drug-likeness (QED) is 0.861. The SMILES string of the molecule is CCC(F)(F)C1=NCC2=C1CN(C(=O)Nc1cccc(Cl)c1)CC2. The number of halogens is 3. The van der Waals surface area contributed by atoms with E-state index in [9.17, 15) is 13.6 Å². The summed E-state index contributed by atoms with van der Waals surface area (Å²) in [4.78, 5) is 18.0. The van der Waals surface area contributed by atoms with E-state index in [1.807, 2.05) is 0 Å². The molecule has 0 atom stereocenters. The van der Waals surface area contributed by atoms with Crippen LogP contribution in [0.2, 0.25) is 5.02 Å². The number of nitrogens with one attached hydrogen (secondary N) is 1. The molecule has 0 spiro atoms. The standard InChI is InChI=1S/C17H18ClF2N3O/c1-2-17(19,20)15-14-10-23(7-6-11(14)9-21-15)16(24)22-13-5-3-4-12(18)8-13/h3-5,8H,2,6-7,9-10H2,1H3,(H,22,24). The van der Waals surface area contributed by atoms with Crippen LogP contribution in [0.25, 0.3) is 0 Å². The van der Waals surface area contributed by atoms with E-state index < -0.39 is 5.92 Å². The summed E-state index contributed by atoms with van der Waals surface area (Å²) in [6.45, 7) is 2.42. The van der Waals surface area contributed by atoms with Crippen molar-refractivity contribution in [1.29, 1.82) is 0 Å². The maximum Gasteiger partial charge on any atom is 0.322 e. The largest absolute Gasteiger partial charge is 0.322 e. The zero-order valence-corrected chi connectivity index (χ0v) is 14.0. The Morgan fingerprint density at radius 2 is 2.25 bits per heavy atom. The van der Waals surface area contributed by atoms with E-state index >= 15 is 0 Å². The van der Waals surface area contributed by atoms with Gasteiger partial charge >= 0.3 is 6.03 Å². The second-order valence-electron chi connectivity index (χ2n) is 5.92. The molecule has 2 amide bonds. The Balaban J connectivity index is 1.72. The number of rotatable bonds is 3. The van der Waals surface area contributed by atoms with E-state index in [2.05, 4.69) is 10.3 Å². The number of anilines is 1. The minimum absolute atomic E-state index is 0.153. The lowest BCUT2D eigenvalue weighted by Crippen LogP contribution is -2.42. The Morgan fingerprint density at radius 1 is 1.46 bits per heavy atom. The van der Waals surface area contributed by atoms with Gasteiger partial charge in [-0.15, -0.1) is 0 Å². The number of carbonyl (C=O) groups excluding carboxylic acids is 1. The second kappa shape index (κ2) is 6.51. The van der Waals surface area contributed by atoms with Crippen LogP contribution in [0.15, 0.2) is 40.4 Å². The number of benzene rings is 1. The van der Waals surface area contributed by atoms with Crippen molar-refractivity contribution >= 4 is 29.0 Å². The lowest BCUT2D eigenvalue weighted by Gasteiger charge is -2.30. The highest BCUT2D eigenvalue weighted by molar-refractivity contribution is 6.30. The highest BCUT2D eigenvalue weighted by Crippen LogP contribution is 2.33. The maximum absolute atomic E-state index is 14.0. The molecule has 0 radical (unpaired) electrons. The van der Waals surface area contributed by atoms with Crippen molar-refractivity contribution in [3.63, 3.8) is 0 Å². The molecule has 3 rings (SSSR count). The molecule has 0 saturated heterocycles. The summed E-state index contributed by atoms with van der Waals surface area (Å²) < 4.78 is 28.1. The molecule has 0 aromatic heterocycles. The number of carbonyl (C=O) groups is 1. The van der Waals surface area contributed by atoms with Crippen LogP contribution in [-0.4, -0.2) is 42.2 Å². The normalized spacial score (nSPS) is 17.7. The fourth-order valence-electron chi connectivity index (χ4n) is 2.94. The van der Waals surface area contributed by atoms with Crippen LogP contribution in [0, 0.1) is 0 Å². The third-order valence-electron chi connectivity index (χ3n) is 4.33. The van der Waals surface area contributed by atoms with Crippen molar-refractivity contribution in [1.82, 2.24) is 4.90 Å². The lowest BCUT2D eigenvalue weighted by atomic mass is 9.95. The molecule has 2 heterocycles. The molecule has 24 heavy (non-hydrogen) atoms. The molecule has 0 unspecified atom stereocenters. The van der Waals surface area contributed by atoms with Gasteiger partial charge in [-0.05, 0) is 35.8 Å². The lowest BCUT2D eigenvalue weighted by molar-refractivity contribution is 0.0739. The number of aliphatic imine (C=N–C) groups is 1. The summed E-state index contributed by atoms with van der Waals surface area (Å²) in [5.74, 6) is -2.94. The van der Waals surface area contributed by atoms with Gasteiger partial charge in [0.1, 0.15) is 5.71 Å². The van der Waals surface area contributed by atoms with E-state index in [0.717, 1.165) is 5.57 Å². The molecule has 1 aromatic rings. The third kappa shape index (κ3) is 3.29. The highest BCUT2D eigenvalue weighted by atomic mass is 35.5. The van der Waals surface area contributed by atoms with Gasteiger partial charge in [0.15, 0.2) is 0 Å². The Kier molecular flexibility index (Phi) is 4.58. The average molecular weight is 354 g/mol. The first-order chi connectivity index (χ1) is 11.4. The highest BCUT2D eigenvalue weighted by Gasteiger charge is 2.41. The van der Waals surface area contributed by atoms with Gasteiger partial charge in [-0.25, -0.2) is 4.79 Å². The summed E-state index contributed by atoms with van der Waals surface area (Å²) in [7, 11) is 0. The molecule has 1 N–H and O–H groups in total. The summed E-state index contributed by atoms with van der Waals surface area (Å²) >= 11 is 5.90. The van der Waals surface area contributed by atoms with Gasteiger partial charge < -0.3 is 10.2 Å². The fourth-order valence-corrected chi connectivity index (χ4v) is 3.13. The average Bonchev–Trinajstić information content (AvgIpc) is 2.98. The Bertz CT molecular complexity index is 730. The third-order valence-corrected chi connectivity index (χ3v) is 4.56. The first-order valence-corrected chi connectivity index (χ1v) is 8.24. The van der Waals surface area contributed by atoms with E-state index in [1.54, 1.807) is 24.3 Å². The smallest absolute Gasteiger partial charge is 0.320 e. The van der Waals surface area contributed by atoms with Crippen LogP contribution in [0.4, 0.5) is 19.3 Å². The molecule has 0 bridgehead atoms. The minimum Gasteiger partial charge on any atom is -0.320 e. The molecule has 2 aliphatic heterocycles. The predicted octanol–water partition coefficient (Wildman–Crippen LogP) is 4.37. The zero-order chi connectivity index (χ0) is 17.3. The second-order valence-corrected chi connectivity index (χ2v) is 6.35. The van der Waals surface area contributed by atoms with E-state index in [1.165, 1.54) is 11.8 Å². The molecule has 0 saturated carbocycles. The molecule has 7 heteroatoms. The Hall–Kier alpha value is -1.95. The Morgan fingerprint density at radius 3 is 2.96 bits per heavy atom. The van der Waals surface area contributed by atoms with Crippen molar-refractivity contribution in [2.45, 2.75) is 25.7 Å². The zero-order valence-electron chi connectivity index (χ0n) is 13.3. The number of hydrogen-bond acceptors (Lipinski definition) is 2. The van der Waals surface area contributed by atoms with E-state index in [-0.39, 0.29) is 24.7 Å². The topological polar surface area (TPSA) is 44.7 Å². The molecule has 2 aliphatic rings. The number of alkyl halides is 2. The van der Waals surface area contributed by atoms with Crippen LogP contribution in [0.1, 0.15) is 19.8 Å². The molecular weight excluding hydrogens is 336 g/mol. The number of hydrogen-bond donors (Lipinski definition) is 1. The van der Waals surface area contributed by atoms with E-state index in [4.69, 9.17) is 11.6 Å². The van der Waals surface area contributed by atoms with Crippen molar-refractivity contribution in [3.8, 4) is 0 Å². The van der Waals surface area contributed by atoms with Crippen LogP contribution < -0.4 is 5.32 Å². The Labute approximate surface area is 144 Å². The van der Waals surface area contributed by atoms with Crippen LogP contribution >= 0.6 is 11.6 Å². The summed E-state index contributed by atoms with van der Waals surface area (Å²) in [5, 5.41) is 3.27. The van der Waals surface area contributed by atoms with Crippen molar-refractivity contribution in [2.24, 2.45) is 4.99 Å². The monoisotopic (exact) mass is 353 g/mol. The van der Waals surface area contributed by atoms with E-state index in [0.29, 0.717) is 35.8 Å². The fraction of sp³-hybridized carbons (Fsp3) is 0.412. The number of amides is 2. The summed E-state index contributed by atoms with van der Waals surface area (Å²) in [6, 6.07) is 6.49. The maximum atomic E-state index is 14.0. The molecule has 0 aliphatic carbocycles. The minimum atomic E-state index is -2.94. The van der Waals surface area contributed by atoms with Gasteiger partial charge in [0.25, 0.3) is 5.92 Å². The van der Waals surface area contributed by atoms with Crippen LogP contribution in [-0.2, 0) is 0 Å². The first kappa shape index (κ1) is 16.9. The van der Waals surface area contributed by atoms with Crippen molar-refractivity contribution in [2.75, 3.05) is 25.0 Å². The van der Waals surface area contributed by atoms with Gasteiger partial charge in [-0.1, -0.05) is 24.6 Å². The van der Waals surface area contributed by atoms with Gasteiger partial charge in [-0.2, -0.15) is 8.78 Å². The number of urea groups is 1. The van der Waals surface area contributed by atoms with Crippen molar-refractivity contribution in [3.05, 3.63) is 40.4 Å². The molecule has 1 aromatic carbocycles. The van der Waals surface area contributed by atoms with Gasteiger partial charge in [-0.3, -0.25) is 4.99 Å². The molecule has 128 valence electrons. The van der Waals surface area contributed by atoms with Gasteiger partial charge in [0, 0.05) is 30.2 Å². The number of nitrogens with zero attached hydrogens (tertiary/aromatic N) is 2. The van der Waals surface area contributed by atoms with Gasteiger partial charge in [0.2, 0.25) is 0 Å². The molecule has 4 nitrogen and oxygen atoms in total. The van der Waals surface area contributed by atoms with Crippen molar-refractivity contribution < 1.29 is 13.6 Å². The van der Waals surface area contributed by atoms with Crippen LogP contribution in [0.5, 0.6) is 0 Å². The summed E-state index contributed by atoms with van der Waals surface area (Å²) in [6.07, 6.45) is 0.280.